The number of nitrogens with zero attached hydrogens (tertiary/aromatic N) is 2. The molecule has 0 saturated heterocycles. The molecule has 106 valence electrons. The van der Waals surface area contributed by atoms with Crippen molar-refractivity contribution in [3.8, 4) is 0 Å². The van der Waals surface area contributed by atoms with Gasteiger partial charge < -0.3 is 5.73 Å². The lowest BCUT2D eigenvalue weighted by molar-refractivity contribution is 0.600. The van der Waals surface area contributed by atoms with E-state index in [9.17, 15) is 8.42 Å². The zero-order chi connectivity index (χ0) is 14.9. The second-order valence-electron chi connectivity index (χ2n) is 3.98. The predicted octanol–water partition coefficient (Wildman–Crippen LogP) is 1.59. The first-order chi connectivity index (χ1) is 9.31. The van der Waals surface area contributed by atoms with Crippen LogP contribution >= 0.6 is 23.6 Å². The topological polar surface area (TPSA) is 98.0 Å². The molecule has 0 atom stereocenters. The van der Waals surface area contributed by atoms with Crippen molar-refractivity contribution in [3.05, 3.63) is 34.6 Å². The highest BCUT2D eigenvalue weighted by Gasteiger charge is 2.22. The van der Waals surface area contributed by atoms with Crippen molar-refractivity contribution in [2.75, 3.05) is 4.72 Å². The molecule has 0 unspecified atom stereocenters. The average molecular weight is 328 g/mol. The van der Waals surface area contributed by atoms with E-state index in [1.165, 1.54) is 29.7 Å². The number of nitrogens with two attached hydrogens (primary N) is 1. The maximum absolute atomic E-state index is 12.3. The number of aryl methyl sites for hydroxylation is 2. The van der Waals surface area contributed by atoms with E-state index in [1.54, 1.807) is 0 Å². The second-order valence-corrected chi connectivity index (χ2v) is 7.27. The number of sulfonamides is 1. The van der Waals surface area contributed by atoms with E-state index < -0.39 is 10.0 Å². The molecule has 0 aromatic carbocycles. The van der Waals surface area contributed by atoms with Crippen molar-refractivity contribution >= 4 is 43.7 Å². The summed E-state index contributed by atoms with van der Waals surface area (Å²) in [7, 11) is -3.82. The summed E-state index contributed by atoms with van der Waals surface area (Å²) in [6.07, 6.45) is 1.44. The molecule has 0 aliphatic carbocycles. The number of nitrogens with one attached hydrogen (secondary N) is 1. The van der Waals surface area contributed by atoms with Gasteiger partial charge in [0.2, 0.25) is 0 Å². The Labute approximate surface area is 126 Å². The first-order valence-corrected chi connectivity index (χ1v) is 8.23. The van der Waals surface area contributed by atoms with Gasteiger partial charge in [-0.1, -0.05) is 12.2 Å². The number of aromatic nitrogens is 2. The lowest BCUT2D eigenvalue weighted by Crippen LogP contribution is -2.21. The molecule has 0 bridgehead atoms. The molecule has 2 heterocycles. The lowest BCUT2D eigenvalue weighted by Gasteiger charge is -2.08. The molecule has 0 fully saturated rings. The van der Waals surface area contributed by atoms with E-state index >= 15 is 0 Å². The molecule has 6 nitrogen and oxygen atoms in total. The van der Waals surface area contributed by atoms with Gasteiger partial charge in [0.1, 0.15) is 15.6 Å². The summed E-state index contributed by atoms with van der Waals surface area (Å²) in [6.45, 7) is 3.68. The van der Waals surface area contributed by atoms with Crippen LogP contribution in [0.5, 0.6) is 0 Å². The third-order valence-electron chi connectivity index (χ3n) is 2.54. The van der Waals surface area contributed by atoms with Gasteiger partial charge in [-0.05, 0) is 26.0 Å². The predicted molar refractivity (Wildman–Crippen MR) is 82.5 cm³/mol. The molecular formula is C11H12N4O2S3. The van der Waals surface area contributed by atoms with Crippen molar-refractivity contribution in [1.82, 2.24) is 9.97 Å². The number of rotatable bonds is 4. The van der Waals surface area contributed by atoms with E-state index in [-0.39, 0.29) is 15.6 Å². The summed E-state index contributed by atoms with van der Waals surface area (Å²) in [6, 6.07) is 2.91. The van der Waals surface area contributed by atoms with Crippen LogP contribution in [0.2, 0.25) is 0 Å². The summed E-state index contributed by atoms with van der Waals surface area (Å²) < 4.78 is 27.1. The van der Waals surface area contributed by atoms with Crippen LogP contribution < -0.4 is 10.5 Å². The van der Waals surface area contributed by atoms with Gasteiger partial charge in [-0.15, -0.1) is 11.3 Å². The van der Waals surface area contributed by atoms with Gasteiger partial charge in [0.25, 0.3) is 10.0 Å². The van der Waals surface area contributed by atoms with Gasteiger partial charge in [0.05, 0.1) is 5.69 Å². The van der Waals surface area contributed by atoms with Gasteiger partial charge in [-0.2, -0.15) is 0 Å². The summed E-state index contributed by atoms with van der Waals surface area (Å²) >= 11 is 6.08. The largest absolute Gasteiger partial charge is 0.388 e. The normalized spacial score (nSPS) is 11.3. The lowest BCUT2D eigenvalue weighted by atomic mass is 10.3. The Morgan fingerprint density at radius 1 is 1.45 bits per heavy atom. The van der Waals surface area contributed by atoms with E-state index in [1.807, 2.05) is 13.8 Å². The van der Waals surface area contributed by atoms with Crippen molar-refractivity contribution in [2.24, 2.45) is 5.73 Å². The maximum Gasteiger partial charge on any atom is 0.265 e. The van der Waals surface area contributed by atoms with E-state index in [4.69, 9.17) is 18.0 Å². The number of pyridine rings is 1. The molecule has 2 aromatic heterocycles. The highest BCUT2D eigenvalue weighted by Crippen LogP contribution is 2.24. The summed E-state index contributed by atoms with van der Waals surface area (Å²) in [5.74, 6) is 0. The molecule has 0 saturated carbocycles. The molecule has 0 amide bonds. The Kier molecular flexibility index (Phi) is 4.02. The van der Waals surface area contributed by atoms with Crippen LogP contribution in [-0.2, 0) is 10.0 Å². The fourth-order valence-electron chi connectivity index (χ4n) is 1.48. The van der Waals surface area contributed by atoms with Gasteiger partial charge in [-0.25, -0.2) is 13.4 Å². The van der Waals surface area contributed by atoms with E-state index in [0.29, 0.717) is 5.13 Å². The maximum atomic E-state index is 12.3. The first-order valence-electron chi connectivity index (χ1n) is 5.53. The van der Waals surface area contributed by atoms with Crippen LogP contribution in [0.3, 0.4) is 0 Å². The Morgan fingerprint density at radius 2 is 2.15 bits per heavy atom. The van der Waals surface area contributed by atoms with Crippen LogP contribution in [0, 0.1) is 13.8 Å². The molecule has 3 N–H and O–H groups in total. The van der Waals surface area contributed by atoms with Crippen molar-refractivity contribution in [1.29, 1.82) is 0 Å². The molecule has 20 heavy (non-hydrogen) atoms. The zero-order valence-electron chi connectivity index (χ0n) is 10.7. The molecule has 2 aromatic rings. The van der Waals surface area contributed by atoms with Crippen LogP contribution in [0.25, 0.3) is 0 Å². The van der Waals surface area contributed by atoms with Crippen LogP contribution in [0.1, 0.15) is 16.3 Å². The average Bonchev–Trinajstić information content (AvgIpc) is 2.67. The number of thiocarbonyl (C=S) groups is 1. The molecule has 0 aliphatic rings. The highest BCUT2D eigenvalue weighted by molar-refractivity contribution is 7.93. The monoisotopic (exact) mass is 328 g/mol. The summed E-state index contributed by atoms with van der Waals surface area (Å²) in [4.78, 5) is 8.86. The number of thiazole rings is 1. The third-order valence-corrected chi connectivity index (χ3v) is 5.23. The van der Waals surface area contributed by atoms with Crippen molar-refractivity contribution in [3.63, 3.8) is 0 Å². The molecule has 2 rings (SSSR count). The SMILES string of the molecule is Cc1nc(NS(=O)(=O)c2cccnc2C(N)=S)sc1C. The quantitative estimate of drug-likeness (QED) is 0.827. The molecule has 9 heteroatoms. The van der Waals surface area contributed by atoms with Crippen molar-refractivity contribution in [2.45, 2.75) is 18.7 Å². The minimum atomic E-state index is -3.82. The number of hydrogen-bond donors (Lipinski definition) is 2. The van der Waals surface area contributed by atoms with Gasteiger partial charge in [0.15, 0.2) is 5.13 Å². The van der Waals surface area contributed by atoms with Gasteiger partial charge in [-0.3, -0.25) is 9.71 Å². The second kappa shape index (κ2) is 5.43. The van der Waals surface area contributed by atoms with Gasteiger partial charge in [0, 0.05) is 11.1 Å². The molecule has 0 aliphatic heterocycles. The Morgan fingerprint density at radius 3 is 2.70 bits per heavy atom. The summed E-state index contributed by atoms with van der Waals surface area (Å²) in [5, 5.41) is 0.303. The van der Waals surface area contributed by atoms with Crippen LogP contribution in [0.15, 0.2) is 23.2 Å². The Hall–Kier alpha value is -1.58. The Balaban J connectivity index is 2.43. The van der Waals surface area contributed by atoms with Crippen LogP contribution in [-0.4, -0.2) is 23.4 Å². The number of hydrogen-bond acceptors (Lipinski definition) is 6. The molecular weight excluding hydrogens is 316 g/mol. The fourth-order valence-corrected chi connectivity index (χ4v) is 3.93. The summed E-state index contributed by atoms with van der Waals surface area (Å²) in [5.41, 5.74) is 6.35. The standard InChI is InChI=1S/C11H12N4O2S3/c1-6-7(2)19-11(14-6)15-20(16,17)8-4-3-5-13-9(8)10(12)18/h3-5H,1-2H3,(H2,12,18)(H,14,15). The Bertz CT molecular complexity index is 748. The third kappa shape index (κ3) is 2.94. The first kappa shape index (κ1) is 14.8. The highest BCUT2D eigenvalue weighted by atomic mass is 32.2. The number of anilines is 1. The smallest absolute Gasteiger partial charge is 0.265 e. The minimum absolute atomic E-state index is 0.0574. The fraction of sp³-hybridized carbons (Fsp3) is 0.182. The molecule has 0 radical (unpaired) electrons. The van der Waals surface area contributed by atoms with E-state index in [0.717, 1.165) is 10.6 Å². The van der Waals surface area contributed by atoms with E-state index in [2.05, 4.69) is 14.7 Å². The van der Waals surface area contributed by atoms with Crippen molar-refractivity contribution < 1.29 is 8.42 Å². The van der Waals surface area contributed by atoms with Gasteiger partial charge >= 0.3 is 0 Å². The van der Waals surface area contributed by atoms with Crippen LogP contribution in [0.4, 0.5) is 5.13 Å². The minimum Gasteiger partial charge on any atom is -0.388 e. The molecule has 0 spiro atoms. The zero-order valence-corrected chi connectivity index (χ0v) is 13.2.